The van der Waals surface area contributed by atoms with Crippen LogP contribution in [0.1, 0.15) is 25.7 Å². The van der Waals surface area contributed by atoms with Crippen LogP contribution in [-0.2, 0) is 14.4 Å². The number of rotatable bonds is 9. The molecular formula is C14H25FN6O3. The van der Waals surface area contributed by atoms with Gasteiger partial charge in [-0.3, -0.25) is 19.4 Å². The number of nitrogens with one attached hydrogen (secondary N) is 1. The summed E-state index contributed by atoms with van der Waals surface area (Å²) in [7, 11) is 0. The first kappa shape index (κ1) is 19.8. The van der Waals surface area contributed by atoms with Gasteiger partial charge in [0.15, 0.2) is 11.7 Å². The minimum Gasteiger partial charge on any atom is -0.370 e. The maximum atomic E-state index is 12.7. The Balaban J connectivity index is 2.64. The Morgan fingerprint density at radius 2 is 2.04 bits per heavy atom. The van der Waals surface area contributed by atoms with E-state index < -0.39 is 30.4 Å². The van der Waals surface area contributed by atoms with Crippen molar-refractivity contribution in [3.63, 3.8) is 0 Å². The van der Waals surface area contributed by atoms with Crippen molar-refractivity contribution in [1.29, 1.82) is 0 Å². The molecule has 0 aromatic rings. The summed E-state index contributed by atoms with van der Waals surface area (Å²) >= 11 is 0. The smallest absolute Gasteiger partial charge is 0.243 e. The second-order valence-electron chi connectivity index (χ2n) is 5.56. The van der Waals surface area contributed by atoms with E-state index >= 15 is 0 Å². The van der Waals surface area contributed by atoms with Crippen molar-refractivity contribution in [2.45, 2.75) is 37.8 Å². The molecule has 24 heavy (non-hydrogen) atoms. The first-order valence-corrected chi connectivity index (χ1v) is 7.84. The summed E-state index contributed by atoms with van der Waals surface area (Å²) < 4.78 is 12.7. The molecule has 2 amide bonds. The molecule has 10 heteroatoms. The van der Waals surface area contributed by atoms with Gasteiger partial charge in [-0.2, -0.15) is 0 Å². The van der Waals surface area contributed by atoms with E-state index in [-0.39, 0.29) is 31.4 Å². The first-order valence-electron chi connectivity index (χ1n) is 7.84. The number of hydrogen-bond donors (Lipinski definition) is 4. The standard InChI is InChI=1S/C14H25FN6O3/c15-7-11(22)9(3-1-5-19-14(17)18)20-13(24)10-4-2-6-21(10)12(23)8-16/h9-10H,1-8,16H2,(H,20,24)(H4,17,18,19)/t9-,10-/m0/s1. The third kappa shape index (κ3) is 5.76. The van der Waals surface area contributed by atoms with E-state index in [9.17, 15) is 18.8 Å². The summed E-state index contributed by atoms with van der Waals surface area (Å²) in [5.74, 6) is -1.59. The van der Waals surface area contributed by atoms with Crippen molar-refractivity contribution in [3.05, 3.63) is 0 Å². The Kier molecular flexibility index (Phi) is 8.10. The fourth-order valence-electron chi connectivity index (χ4n) is 2.63. The largest absolute Gasteiger partial charge is 0.370 e. The number of halogens is 1. The van der Waals surface area contributed by atoms with Gasteiger partial charge in [-0.15, -0.1) is 0 Å². The zero-order valence-corrected chi connectivity index (χ0v) is 13.5. The lowest BCUT2D eigenvalue weighted by atomic mass is 10.1. The van der Waals surface area contributed by atoms with Gasteiger partial charge in [0, 0.05) is 13.1 Å². The molecule has 1 heterocycles. The lowest BCUT2D eigenvalue weighted by molar-refractivity contribution is -0.138. The quantitative estimate of drug-likeness (QED) is 0.215. The van der Waals surface area contributed by atoms with Crippen molar-refractivity contribution < 1.29 is 18.8 Å². The third-order valence-corrected chi connectivity index (χ3v) is 3.83. The van der Waals surface area contributed by atoms with Crippen LogP contribution in [-0.4, -0.2) is 66.8 Å². The molecule has 1 rings (SSSR count). The van der Waals surface area contributed by atoms with Crippen LogP contribution >= 0.6 is 0 Å². The maximum absolute atomic E-state index is 12.7. The van der Waals surface area contributed by atoms with Gasteiger partial charge < -0.3 is 27.4 Å². The Hall–Kier alpha value is -2.23. The van der Waals surface area contributed by atoms with Crippen molar-refractivity contribution >= 4 is 23.6 Å². The summed E-state index contributed by atoms with van der Waals surface area (Å²) in [4.78, 5) is 40.9. The van der Waals surface area contributed by atoms with Gasteiger partial charge in [0.05, 0.1) is 12.6 Å². The average molecular weight is 344 g/mol. The lowest BCUT2D eigenvalue weighted by Gasteiger charge is -2.25. The highest BCUT2D eigenvalue weighted by atomic mass is 19.1. The summed E-state index contributed by atoms with van der Waals surface area (Å²) in [5, 5.41) is 2.53. The zero-order chi connectivity index (χ0) is 18.1. The number of alkyl halides is 1. The highest BCUT2D eigenvalue weighted by molar-refractivity contribution is 5.93. The van der Waals surface area contributed by atoms with Crippen LogP contribution in [0.25, 0.3) is 0 Å². The molecule has 0 saturated carbocycles. The van der Waals surface area contributed by atoms with E-state index in [1.54, 1.807) is 0 Å². The molecular weight excluding hydrogens is 319 g/mol. The summed E-state index contributed by atoms with van der Waals surface area (Å²) in [6.45, 7) is -0.645. The van der Waals surface area contributed by atoms with E-state index in [2.05, 4.69) is 10.3 Å². The first-order chi connectivity index (χ1) is 11.4. The van der Waals surface area contributed by atoms with Crippen LogP contribution in [0, 0.1) is 0 Å². The number of amides is 2. The fraction of sp³-hybridized carbons (Fsp3) is 0.714. The summed E-state index contributed by atoms with van der Waals surface area (Å²) in [5.41, 5.74) is 15.7. The van der Waals surface area contributed by atoms with Crippen molar-refractivity contribution in [2.75, 3.05) is 26.3 Å². The second-order valence-corrected chi connectivity index (χ2v) is 5.56. The Morgan fingerprint density at radius 3 is 2.62 bits per heavy atom. The zero-order valence-electron chi connectivity index (χ0n) is 13.5. The molecule has 9 nitrogen and oxygen atoms in total. The number of ketones is 1. The summed E-state index contributed by atoms with van der Waals surface area (Å²) in [6, 6.07) is -1.64. The number of carbonyl (C=O) groups is 3. The number of Topliss-reactive ketones (excluding diaryl/α,β-unsaturated/α-hetero) is 1. The van der Waals surface area contributed by atoms with Gasteiger partial charge in [0.2, 0.25) is 11.8 Å². The lowest BCUT2D eigenvalue weighted by Crippen LogP contribution is -2.52. The van der Waals surface area contributed by atoms with Gasteiger partial charge in [-0.25, -0.2) is 4.39 Å². The van der Waals surface area contributed by atoms with E-state index in [1.807, 2.05) is 0 Å². The molecule has 0 aromatic carbocycles. The van der Waals surface area contributed by atoms with Gasteiger partial charge in [-0.05, 0) is 25.7 Å². The van der Waals surface area contributed by atoms with Gasteiger partial charge >= 0.3 is 0 Å². The molecule has 1 aliphatic heterocycles. The van der Waals surface area contributed by atoms with Gasteiger partial charge in [-0.1, -0.05) is 0 Å². The van der Waals surface area contributed by atoms with Crippen LogP contribution < -0.4 is 22.5 Å². The fourth-order valence-corrected chi connectivity index (χ4v) is 2.63. The molecule has 1 fully saturated rings. The number of nitrogens with two attached hydrogens (primary N) is 3. The minimum absolute atomic E-state index is 0.0747. The monoisotopic (exact) mass is 344 g/mol. The number of guanidine groups is 1. The highest BCUT2D eigenvalue weighted by Crippen LogP contribution is 2.17. The highest BCUT2D eigenvalue weighted by Gasteiger charge is 2.35. The number of hydrogen-bond acceptors (Lipinski definition) is 5. The number of likely N-dealkylation sites (tertiary alicyclic amines) is 1. The van der Waals surface area contributed by atoms with Crippen LogP contribution in [0.4, 0.5) is 4.39 Å². The van der Waals surface area contributed by atoms with E-state index in [0.717, 1.165) is 0 Å². The van der Waals surface area contributed by atoms with E-state index in [4.69, 9.17) is 17.2 Å². The predicted octanol–water partition coefficient (Wildman–Crippen LogP) is -1.99. The Bertz CT molecular complexity index is 495. The molecule has 1 saturated heterocycles. The molecule has 0 aromatic heterocycles. The molecule has 0 spiro atoms. The second kappa shape index (κ2) is 9.81. The van der Waals surface area contributed by atoms with Gasteiger partial charge in [0.1, 0.15) is 12.7 Å². The maximum Gasteiger partial charge on any atom is 0.243 e. The Labute approximate surface area is 139 Å². The molecule has 0 radical (unpaired) electrons. The average Bonchev–Trinajstić information content (AvgIpc) is 3.05. The number of nitrogens with zero attached hydrogens (tertiary/aromatic N) is 2. The van der Waals surface area contributed by atoms with Gasteiger partial charge in [0.25, 0.3) is 0 Å². The van der Waals surface area contributed by atoms with E-state index in [1.165, 1.54) is 4.90 Å². The van der Waals surface area contributed by atoms with Crippen LogP contribution in [0.15, 0.2) is 4.99 Å². The molecule has 2 atom stereocenters. The molecule has 0 bridgehead atoms. The van der Waals surface area contributed by atoms with Crippen LogP contribution in [0.5, 0.6) is 0 Å². The summed E-state index contributed by atoms with van der Waals surface area (Å²) in [6.07, 6.45) is 1.78. The molecule has 1 aliphatic rings. The van der Waals surface area contributed by atoms with Crippen LogP contribution in [0.3, 0.4) is 0 Å². The van der Waals surface area contributed by atoms with Crippen LogP contribution in [0.2, 0.25) is 0 Å². The molecule has 0 unspecified atom stereocenters. The number of aliphatic imine (C=N–C) groups is 1. The third-order valence-electron chi connectivity index (χ3n) is 3.83. The normalized spacial score (nSPS) is 18.1. The molecule has 0 aliphatic carbocycles. The Morgan fingerprint density at radius 1 is 1.33 bits per heavy atom. The number of carbonyl (C=O) groups excluding carboxylic acids is 3. The van der Waals surface area contributed by atoms with Crippen molar-refractivity contribution in [3.8, 4) is 0 Å². The van der Waals surface area contributed by atoms with Crippen molar-refractivity contribution in [1.82, 2.24) is 10.2 Å². The SMILES string of the molecule is NCC(=O)N1CCC[C@H]1C(=O)N[C@@H](CCCN=C(N)N)C(=O)CF. The van der Waals surface area contributed by atoms with E-state index in [0.29, 0.717) is 25.8 Å². The molecule has 7 N–H and O–H groups in total. The van der Waals surface area contributed by atoms with Crippen molar-refractivity contribution in [2.24, 2.45) is 22.2 Å². The topological polar surface area (TPSA) is 157 Å². The molecule has 136 valence electrons. The minimum atomic E-state index is -1.18. The predicted molar refractivity (Wildman–Crippen MR) is 86.6 cm³/mol.